The summed E-state index contributed by atoms with van der Waals surface area (Å²) >= 11 is 2.82. The number of aryl methyl sites for hydroxylation is 1. The number of ether oxygens (including phenoxy) is 1. The van der Waals surface area contributed by atoms with Crippen molar-refractivity contribution in [1.82, 2.24) is 14.8 Å². The number of rotatable bonds is 10. The second-order valence-corrected chi connectivity index (χ2v) is 10.2. The Morgan fingerprint density at radius 3 is 2.54 bits per heavy atom. The maximum atomic E-state index is 12.8. The number of hydrogen-bond acceptors (Lipinski definition) is 8. The number of nitrogens with zero attached hydrogens (tertiary/aromatic N) is 4. The Hall–Kier alpha value is -2.85. The molecule has 0 saturated carbocycles. The highest BCUT2D eigenvalue weighted by Crippen LogP contribution is 2.39. The van der Waals surface area contributed by atoms with Crippen LogP contribution in [0, 0.1) is 0 Å². The van der Waals surface area contributed by atoms with E-state index in [0.29, 0.717) is 22.3 Å². The van der Waals surface area contributed by atoms with Gasteiger partial charge in [0.05, 0.1) is 18.4 Å². The van der Waals surface area contributed by atoms with Crippen LogP contribution in [0.4, 0.5) is 10.7 Å². The van der Waals surface area contributed by atoms with Gasteiger partial charge in [-0.05, 0) is 69.9 Å². The maximum Gasteiger partial charge on any atom is 0.341 e. The fourth-order valence-electron chi connectivity index (χ4n) is 4.41. The first-order valence-electron chi connectivity index (χ1n) is 11.9. The Bertz CT molecular complexity index is 1200. The molecule has 1 aliphatic carbocycles. The molecule has 2 heterocycles. The molecule has 0 spiro atoms. The number of aromatic nitrogens is 3. The molecule has 0 saturated heterocycles. The molecule has 1 aliphatic rings. The third-order valence-electron chi connectivity index (χ3n) is 6.18. The minimum Gasteiger partial charge on any atom is -0.465 e. The fraction of sp³-hybridized carbons (Fsp3) is 0.440. The highest BCUT2D eigenvalue weighted by molar-refractivity contribution is 7.99. The van der Waals surface area contributed by atoms with Crippen LogP contribution in [0.25, 0.3) is 11.4 Å². The van der Waals surface area contributed by atoms with E-state index in [-0.39, 0.29) is 11.7 Å². The van der Waals surface area contributed by atoms with Gasteiger partial charge < -0.3 is 19.5 Å². The lowest BCUT2D eigenvalue weighted by Crippen LogP contribution is -2.21. The van der Waals surface area contributed by atoms with Crippen LogP contribution in [-0.4, -0.2) is 52.6 Å². The van der Waals surface area contributed by atoms with Gasteiger partial charge in [-0.1, -0.05) is 11.8 Å². The van der Waals surface area contributed by atoms with Crippen molar-refractivity contribution in [1.29, 1.82) is 0 Å². The molecule has 8 nitrogen and oxygen atoms in total. The molecule has 186 valence electrons. The Kier molecular flexibility index (Phi) is 8.12. The summed E-state index contributed by atoms with van der Waals surface area (Å²) in [5.74, 6) is 0.372. The lowest BCUT2D eigenvalue weighted by atomic mass is 10.1. The number of carbonyl (C=O) groups excluding carboxylic acids is 2. The minimum absolute atomic E-state index is 0.169. The summed E-state index contributed by atoms with van der Waals surface area (Å²) in [6.45, 7) is 8.93. The summed E-state index contributed by atoms with van der Waals surface area (Å²) in [5.41, 5.74) is 3.70. The van der Waals surface area contributed by atoms with Crippen LogP contribution in [0.2, 0.25) is 0 Å². The fourth-order valence-corrected chi connectivity index (χ4v) is 6.50. The molecule has 0 atom stereocenters. The van der Waals surface area contributed by atoms with E-state index in [0.717, 1.165) is 54.2 Å². The van der Waals surface area contributed by atoms with Crippen LogP contribution in [0.3, 0.4) is 0 Å². The number of methoxy groups -OCH3 is 1. The van der Waals surface area contributed by atoms with Crippen LogP contribution < -0.4 is 10.2 Å². The van der Waals surface area contributed by atoms with Crippen LogP contribution in [0.1, 0.15) is 48.0 Å². The number of carbonyl (C=O) groups is 2. The number of anilines is 2. The van der Waals surface area contributed by atoms with E-state index in [1.165, 1.54) is 35.9 Å². The van der Waals surface area contributed by atoms with Crippen molar-refractivity contribution < 1.29 is 14.3 Å². The zero-order valence-electron chi connectivity index (χ0n) is 20.6. The molecule has 2 aromatic heterocycles. The first kappa shape index (κ1) is 25.2. The number of benzene rings is 1. The van der Waals surface area contributed by atoms with Gasteiger partial charge in [0, 0.05) is 35.8 Å². The van der Waals surface area contributed by atoms with Gasteiger partial charge in [-0.3, -0.25) is 4.79 Å². The summed E-state index contributed by atoms with van der Waals surface area (Å²) in [5, 5.41) is 12.9. The highest BCUT2D eigenvalue weighted by atomic mass is 32.2. The largest absolute Gasteiger partial charge is 0.465 e. The Labute approximate surface area is 214 Å². The quantitative estimate of drug-likeness (QED) is 0.305. The lowest BCUT2D eigenvalue weighted by Gasteiger charge is -2.21. The molecule has 0 unspecified atom stereocenters. The number of thioether (sulfide) groups is 1. The van der Waals surface area contributed by atoms with E-state index in [1.807, 2.05) is 11.5 Å². The maximum absolute atomic E-state index is 12.8. The summed E-state index contributed by atoms with van der Waals surface area (Å²) in [6, 6.07) is 8.34. The monoisotopic (exact) mass is 513 g/mol. The first-order valence-corrected chi connectivity index (χ1v) is 13.7. The predicted molar refractivity (Wildman–Crippen MR) is 142 cm³/mol. The van der Waals surface area contributed by atoms with Crippen molar-refractivity contribution >= 4 is 45.7 Å². The molecule has 0 radical (unpaired) electrons. The number of amides is 1. The van der Waals surface area contributed by atoms with Crippen LogP contribution in [-0.2, 0) is 28.9 Å². The van der Waals surface area contributed by atoms with Crippen LogP contribution >= 0.6 is 23.1 Å². The average molecular weight is 514 g/mol. The molecular weight excluding hydrogens is 482 g/mol. The smallest absolute Gasteiger partial charge is 0.341 e. The predicted octanol–water partition coefficient (Wildman–Crippen LogP) is 4.88. The Morgan fingerprint density at radius 1 is 1.14 bits per heavy atom. The van der Waals surface area contributed by atoms with E-state index in [9.17, 15) is 9.59 Å². The normalized spacial score (nSPS) is 12.5. The van der Waals surface area contributed by atoms with Gasteiger partial charge in [0.1, 0.15) is 5.00 Å². The molecule has 3 aromatic rings. The van der Waals surface area contributed by atoms with Crippen LogP contribution in [0.5, 0.6) is 0 Å². The summed E-state index contributed by atoms with van der Waals surface area (Å²) in [7, 11) is 1.37. The zero-order chi connectivity index (χ0) is 24.9. The minimum atomic E-state index is -0.394. The van der Waals surface area contributed by atoms with Crippen LogP contribution in [0.15, 0.2) is 29.4 Å². The standard InChI is InChI=1S/C25H31N5O3S2/c1-5-29(6-2)17-13-11-16(12-14-17)22-27-28-25(30(22)7-3)34-15-20(31)26-23-21(24(32)33-4)18-9-8-10-19(18)35-23/h11-14H,5-10,15H2,1-4H3,(H,26,31). The molecule has 1 amide bonds. The topological polar surface area (TPSA) is 89.3 Å². The van der Waals surface area contributed by atoms with E-state index in [1.54, 1.807) is 0 Å². The second kappa shape index (κ2) is 11.3. The number of fused-ring (bicyclic) bond motifs is 1. The van der Waals surface area contributed by atoms with Crippen molar-refractivity contribution in [3.05, 3.63) is 40.3 Å². The van der Waals surface area contributed by atoms with Gasteiger partial charge in [-0.25, -0.2) is 4.79 Å². The highest BCUT2D eigenvalue weighted by Gasteiger charge is 2.28. The van der Waals surface area contributed by atoms with Gasteiger partial charge in [-0.2, -0.15) is 0 Å². The third kappa shape index (κ3) is 5.23. The Morgan fingerprint density at radius 2 is 1.89 bits per heavy atom. The third-order valence-corrected chi connectivity index (χ3v) is 8.36. The lowest BCUT2D eigenvalue weighted by molar-refractivity contribution is -0.113. The SMILES string of the molecule is CCN(CC)c1ccc(-c2nnc(SCC(=O)Nc3sc4c(c3C(=O)OC)CCC4)n2CC)cc1. The molecule has 0 bridgehead atoms. The Balaban J connectivity index is 1.45. The molecule has 1 aromatic carbocycles. The van der Waals surface area contributed by atoms with Gasteiger partial charge in [-0.15, -0.1) is 21.5 Å². The van der Waals surface area contributed by atoms with Crippen molar-refractivity contribution in [3.63, 3.8) is 0 Å². The zero-order valence-corrected chi connectivity index (χ0v) is 22.2. The summed E-state index contributed by atoms with van der Waals surface area (Å²) < 4.78 is 6.98. The summed E-state index contributed by atoms with van der Waals surface area (Å²) in [6.07, 6.45) is 2.81. The molecule has 0 fully saturated rings. The van der Waals surface area contributed by atoms with Crippen molar-refractivity contribution in [2.75, 3.05) is 36.2 Å². The van der Waals surface area contributed by atoms with Crippen molar-refractivity contribution in [2.45, 2.75) is 51.7 Å². The molecule has 10 heteroatoms. The van der Waals surface area contributed by atoms with Crippen molar-refractivity contribution in [3.8, 4) is 11.4 Å². The van der Waals surface area contributed by atoms with E-state index in [4.69, 9.17) is 4.74 Å². The molecule has 1 N–H and O–H groups in total. The van der Waals surface area contributed by atoms with Crippen molar-refractivity contribution in [2.24, 2.45) is 0 Å². The molecule has 4 rings (SSSR count). The van der Waals surface area contributed by atoms with Gasteiger partial charge in [0.15, 0.2) is 11.0 Å². The van der Waals surface area contributed by atoms with E-state index < -0.39 is 5.97 Å². The molecular formula is C25H31N5O3S2. The number of esters is 1. The van der Waals surface area contributed by atoms with Gasteiger partial charge in [0.25, 0.3) is 0 Å². The molecule has 35 heavy (non-hydrogen) atoms. The first-order chi connectivity index (χ1) is 17.0. The van der Waals surface area contributed by atoms with Gasteiger partial charge in [0.2, 0.25) is 5.91 Å². The molecule has 0 aliphatic heterocycles. The van der Waals surface area contributed by atoms with E-state index >= 15 is 0 Å². The van der Waals surface area contributed by atoms with E-state index in [2.05, 4.69) is 58.5 Å². The van der Waals surface area contributed by atoms with Gasteiger partial charge >= 0.3 is 5.97 Å². The second-order valence-electron chi connectivity index (χ2n) is 8.16. The number of hydrogen-bond donors (Lipinski definition) is 1. The number of thiophene rings is 1. The number of nitrogens with one attached hydrogen (secondary N) is 1. The summed E-state index contributed by atoms with van der Waals surface area (Å²) in [4.78, 5) is 28.6. The average Bonchev–Trinajstić information content (AvgIpc) is 3.58.